The second-order valence-corrected chi connectivity index (χ2v) is 3.64. The molecule has 67 valence electrons. The Hall–Kier alpha value is 0.228. The van der Waals surface area contributed by atoms with Crippen LogP contribution in [0.3, 0.4) is 0 Å². The monoisotopic (exact) mass is 354 g/mol. The molecule has 0 aromatic heterocycles. The van der Waals surface area contributed by atoms with Crippen LogP contribution in [0.1, 0.15) is 0 Å². The van der Waals surface area contributed by atoms with E-state index in [1.807, 2.05) is 0 Å². The summed E-state index contributed by atoms with van der Waals surface area (Å²) in [6.45, 7) is 0. The third kappa shape index (κ3) is 5.05. The van der Waals surface area contributed by atoms with Crippen LogP contribution in [-0.4, -0.2) is 15.7 Å². The zero-order chi connectivity index (χ0) is 6.78. The summed E-state index contributed by atoms with van der Waals surface area (Å²) in [5.41, 5.74) is -1.84. The van der Waals surface area contributed by atoms with Gasteiger partial charge in [-0.2, -0.15) is 0 Å². The molecule has 0 aromatic rings. The zero-order valence-corrected chi connectivity index (χ0v) is 7.96. The van der Waals surface area contributed by atoms with Gasteiger partial charge in [-0.3, -0.25) is 0 Å². The Kier molecular flexibility index (Phi) is 9.96. The second-order valence-electron chi connectivity index (χ2n) is 0.861. The zero-order valence-electron chi connectivity index (χ0n) is 4.80. The molecule has 0 bridgehead atoms. The van der Waals surface area contributed by atoms with Gasteiger partial charge in [-0.1, -0.05) is 0 Å². The summed E-state index contributed by atoms with van der Waals surface area (Å²) in [5.74, 6) is 0. The van der Waals surface area contributed by atoms with Crippen molar-refractivity contribution in [3.05, 3.63) is 0 Å². The summed E-state index contributed by atoms with van der Waals surface area (Å²) in [7, 11) is -4.34. The van der Waals surface area contributed by atoms with Crippen molar-refractivity contribution in [2.45, 2.75) is 0 Å². The average molecular weight is 354 g/mol. The van der Waals surface area contributed by atoms with Crippen LogP contribution >= 0.6 is 7.60 Å². The molecule has 0 saturated heterocycles. The predicted octanol–water partition coefficient (Wildman–Crippen LogP) is 0.652. The summed E-state index contributed by atoms with van der Waals surface area (Å²) in [6, 6.07) is 0. The molecule has 7 nitrogen and oxygen atoms in total. The van der Waals surface area contributed by atoms with Crippen LogP contribution < -0.4 is 12.3 Å². The Balaban J connectivity index is -0.000000245. The van der Waals surface area contributed by atoms with Gasteiger partial charge in [0.05, 0.1) is 0 Å². The number of carboxylic acid groups (broad SMARTS) is 1. The summed E-state index contributed by atoms with van der Waals surface area (Å²) >= 11 is 1.04. The molecule has 0 amide bonds. The molecule has 0 heterocycles. The number of hydrogen-bond acceptors (Lipinski definition) is 5. The predicted molar refractivity (Wildman–Crippen MR) is 29.0 cm³/mol. The molecule has 10 heavy (non-hydrogen) atoms. The summed E-state index contributed by atoms with van der Waals surface area (Å²) in [6.07, 6.45) is 0. The fourth-order valence-corrected chi connectivity index (χ4v) is 0.606. The van der Waals surface area contributed by atoms with E-state index in [9.17, 15) is 9.36 Å². The maximum absolute atomic E-state index is 10.0. The van der Waals surface area contributed by atoms with Gasteiger partial charge in [0, 0.05) is 0 Å². The van der Waals surface area contributed by atoms with Gasteiger partial charge in [-0.15, -0.1) is 0 Å². The SMILES string of the molecule is N.N.O=C(O)P(=O)(O)[O][Pt]. The first kappa shape index (κ1) is 16.7. The molecule has 0 aliphatic carbocycles. The Bertz CT molecular complexity index is 149. The van der Waals surface area contributed by atoms with Crippen molar-refractivity contribution < 1.29 is 42.7 Å². The van der Waals surface area contributed by atoms with Crippen molar-refractivity contribution in [1.82, 2.24) is 12.3 Å². The van der Waals surface area contributed by atoms with Crippen LogP contribution in [0.2, 0.25) is 0 Å². The molecule has 9 heteroatoms. The van der Waals surface area contributed by atoms with Gasteiger partial charge in [0.15, 0.2) is 0 Å². The Morgan fingerprint density at radius 3 is 1.80 bits per heavy atom. The molecule has 1 unspecified atom stereocenters. The van der Waals surface area contributed by atoms with Gasteiger partial charge in [0.25, 0.3) is 0 Å². The van der Waals surface area contributed by atoms with E-state index in [2.05, 4.69) is 3.18 Å². The van der Waals surface area contributed by atoms with Gasteiger partial charge >= 0.3 is 56.0 Å². The van der Waals surface area contributed by atoms with Crippen molar-refractivity contribution >= 4 is 13.3 Å². The molecule has 0 rings (SSSR count). The summed E-state index contributed by atoms with van der Waals surface area (Å²) in [5, 5.41) is 7.80. The van der Waals surface area contributed by atoms with Crippen LogP contribution in [0.25, 0.3) is 0 Å². The van der Waals surface area contributed by atoms with Crippen molar-refractivity contribution in [3.63, 3.8) is 0 Å². The van der Waals surface area contributed by atoms with E-state index >= 15 is 0 Å². The number of carbonyl (C=O) groups is 1. The molecule has 0 aliphatic rings. The fraction of sp³-hybridized carbons (Fsp3) is 0. The number of hydrogen-bond donors (Lipinski definition) is 4. The van der Waals surface area contributed by atoms with Crippen LogP contribution in [0.5, 0.6) is 0 Å². The molecular formula is CH8N2O5PPt. The van der Waals surface area contributed by atoms with E-state index < -0.39 is 13.3 Å². The maximum atomic E-state index is 10.0. The van der Waals surface area contributed by atoms with Crippen LogP contribution in [0.4, 0.5) is 4.79 Å². The van der Waals surface area contributed by atoms with Gasteiger partial charge in [0.2, 0.25) is 0 Å². The molecule has 0 saturated carbocycles. The van der Waals surface area contributed by atoms with E-state index in [4.69, 9.17) is 10.00 Å². The first-order chi connectivity index (χ1) is 3.50. The Labute approximate surface area is 68.8 Å². The average Bonchev–Trinajstić information content (AvgIpc) is 1.67. The molecule has 8 N–H and O–H groups in total. The minimum absolute atomic E-state index is 0. The third-order valence-electron chi connectivity index (χ3n) is 0.320. The topological polar surface area (TPSA) is 154 Å². The minimum atomic E-state index is -4.34. The standard InChI is InChI=1S/CH3O5P.2H3N.Pt/c2-1(3)7(4,5)6;;;/h(H,2,3)(H2,4,5,6);2*1H3;/q;;;+1/p-1. The van der Waals surface area contributed by atoms with Crippen molar-refractivity contribution in [2.24, 2.45) is 0 Å². The van der Waals surface area contributed by atoms with Gasteiger partial charge in [-0.25, -0.2) is 0 Å². The molecule has 0 aliphatic heterocycles. The van der Waals surface area contributed by atoms with E-state index in [-0.39, 0.29) is 12.3 Å². The van der Waals surface area contributed by atoms with Crippen molar-refractivity contribution in [3.8, 4) is 0 Å². The quantitative estimate of drug-likeness (QED) is 0.531. The van der Waals surface area contributed by atoms with Gasteiger partial charge in [-0.05, 0) is 0 Å². The molecule has 0 fully saturated rings. The Morgan fingerprint density at radius 1 is 1.50 bits per heavy atom. The second kappa shape index (κ2) is 5.97. The van der Waals surface area contributed by atoms with Crippen molar-refractivity contribution in [1.29, 1.82) is 0 Å². The summed E-state index contributed by atoms with van der Waals surface area (Å²) in [4.78, 5) is 17.7. The van der Waals surface area contributed by atoms with Crippen molar-refractivity contribution in [2.75, 3.05) is 0 Å². The normalized spacial score (nSPS) is 13.9. The molecule has 0 aromatic carbocycles. The molecule has 0 spiro atoms. The van der Waals surface area contributed by atoms with E-state index in [0.29, 0.717) is 0 Å². The van der Waals surface area contributed by atoms with Crippen LogP contribution in [0, 0.1) is 0 Å². The Morgan fingerprint density at radius 2 is 1.80 bits per heavy atom. The first-order valence-corrected chi connectivity index (χ1v) is 3.85. The third-order valence-corrected chi connectivity index (χ3v) is 2.65. The van der Waals surface area contributed by atoms with E-state index in [1.165, 1.54) is 0 Å². The summed E-state index contributed by atoms with van der Waals surface area (Å²) < 4.78 is 13.7. The molecule has 0 radical (unpaired) electrons. The molecule has 1 atom stereocenters. The fourth-order valence-electron chi connectivity index (χ4n) is 0.0247. The van der Waals surface area contributed by atoms with Crippen LogP contribution in [-0.2, 0) is 27.9 Å². The first-order valence-electron chi connectivity index (χ1n) is 1.35. The number of rotatable bonds is 2. The van der Waals surface area contributed by atoms with Gasteiger partial charge < -0.3 is 12.3 Å². The van der Waals surface area contributed by atoms with Crippen LogP contribution in [0.15, 0.2) is 0 Å². The van der Waals surface area contributed by atoms with E-state index in [0.717, 1.165) is 20.2 Å². The molecular weight excluding hydrogens is 346 g/mol. The van der Waals surface area contributed by atoms with E-state index in [1.54, 1.807) is 0 Å². The van der Waals surface area contributed by atoms with Gasteiger partial charge in [0.1, 0.15) is 0 Å².